The van der Waals surface area contributed by atoms with Crippen LogP contribution >= 0.6 is 11.8 Å². The SMILES string of the molecule is CCCN(CCC)CC(C)Oc1ccccc1Sc1ccc(N)c(N)c1. The fourth-order valence-corrected chi connectivity index (χ4v) is 3.86. The Hall–Kier alpha value is -1.85. The van der Waals surface area contributed by atoms with Gasteiger partial charge in [0, 0.05) is 11.4 Å². The van der Waals surface area contributed by atoms with Crippen LogP contribution in [0.1, 0.15) is 33.6 Å². The van der Waals surface area contributed by atoms with Crippen LogP contribution in [0.4, 0.5) is 11.4 Å². The lowest BCUT2D eigenvalue weighted by atomic mass is 10.3. The summed E-state index contributed by atoms with van der Waals surface area (Å²) < 4.78 is 6.28. The third-order valence-corrected chi connectivity index (χ3v) is 5.11. The molecule has 0 spiro atoms. The first kappa shape index (κ1) is 20.5. The molecule has 0 fully saturated rings. The van der Waals surface area contributed by atoms with Gasteiger partial charge in [0.1, 0.15) is 11.9 Å². The van der Waals surface area contributed by atoms with Crippen LogP contribution in [-0.4, -0.2) is 30.6 Å². The van der Waals surface area contributed by atoms with E-state index in [1.165, 1.54) is 0 Å². The molecule has 0 saturated carbocycles. The van der Waals surface area contributed by atoms with Crippen LogP contribution < -0.4 is 16.2 Å². The molecule has 0 saturated heterocycles. The molecule has 4 nitrogen and oxygen atoms in total. The third-order valence-electron chi connectivity index (χ3n) is 4.06. The van der Waals surface area contributed by atoms with Crippen LogP contribution in [0.2, 0.25) is 0 Å². The molecule has 142 valence electrons. The zero-order chi connectivity index (χ0) is 18.9. The highest BCUT2D eigenvalue weighted by molar-refractivity contribution is 7.99. The first-order chi connectivity index (χ1) is 12.5. The molecular weight excluding hydrogens is 342 g/mol. The molecule has 0 bridgehead atoms. The lowest BCUT2D eigenvalue weighted by Gasteiger charge is -2.26. The summed E-state index contributed by atoms with van der Waals surface area (Å²) in [6, 6.07) is 13.9. The summed E-state index contributed by atoms with van der Waals surface area (Å²) in [5, 5.41) is 0. The van der Waals surface area contributed by atoms with Gasteiger partial charge < -0.3 is 16.2 Å². The van der Waals surface area contributed by atoms with Crippen molar-refractivity contribution in [2.24, 2.45) is 0 Å². The van der Waals surface area contributed by atoms with Gasteiger partial charge in [-0.05, 0) is 63.2 Å². The first-order valence-electron chi connectivity index (χ1n) is 9.34. The maximum Gasteiger partial charge on any atom is 0.133 e. The summed E-state index contributed by atoms with van der Waals surface area (Å²) in [6.07, 6.45) is 2.46. The van der Waals surface area contributed by atoms with Crippen molar-refractivity contribution in [1.29, 1.82) is 0 Å². The van der Waals surface area contributed by atoms with E-state index in [0.717, 1.165) is 48.0 Å². The number of anilines is 2. The number of para-hydroxylation sites is 1. The van der Waals surface area contributed by atoms with Crippen LogP contribution in [0, 0.1) is 0 Å². The molecule has 0 aliphatic heterocycles. The molecule has 2 rings (SSSR count). The van der Waals surface area contributed by atoms with E-state index in [9.17, 15) is 0 Å². The number of nitrogens with two attached hydrogens (primary N) is 2. The Morgan fingerprint density at radius 3 is 2.35 bits per heavy atom. The van der Waals surface area contributed by atoms with Gasteiger partial charge in [0.15, 0.2) is 0 Å². The van der Waals surface area contributed by atoms with Crippen molar-refractivity contribution in [2.75, 3.05) is 31.1 Å². The first-order valence-corrected chi connectivity index (χ1v) is 10.2. The largest absolute Gasteiger partial charge is 0.488 e. The second kappa shape index (κ2) is 10.3. The van der Waals surface area contributed by atoms with Crippen LogP contribution in [0.3, 0.4) is 0 Å². The Labute approximate surface area is 161 Å². The van der Waals surface area contributed by atoms with Gasteiger partial charge in [-0.25, -0.2) is 0 Å². The van der Waals surface area contributed by atoms with Crippen LogP contribution in [0.5, 0.6) is 5.75 Å². The fraction of sp³-hybridized carbons (Fsp3) is 0.429. The lowest BCUT2D eigenvalue weighted by Crippen LogP contribution is -2.35. The average Bonchev–Trinajstić information content (AvgIpc) is 2.60. The Morgan fingerprint density at radius 2 is 1.69 bits per heavy atom. The number of nitrogens with zero attached hydrogens (tertiary/aromatic N) is 1. The number of rotatable bonds is 10. The van der Waals surface area contributed by atoms with Crippen molar-refractivity contribution in [3.05, 3.63) is 42.5 Å². The number of ether oxygens (including phenoxy) is 1. The van der Waals surface area contributed by atoms with Gasteiger partial charge in [-0.3, -0.25) is 4.90 Å². The minimum atomic E-state index is 0.131. The number of hydrogen-bond donors (Lipinski definition) is 2. The Morgan fingerprint density at radius 1 is 1.00 bits per heavy atom. The summed E-state index contributed by atoms with van der Waals surface area (Å²) >= 11 is 1.64. The Balaban J connectivity index is 2.06. The number of nitrogen functional groups attached to an aromatic ring is 2. The van der Waals surface area contributed by atoms with Gasteiger partial charge in [-0.2, -0.15) is 0 Å². The van der Waals surface area contributed by atoms with Crippen molar-refractivity contribution < 1.29 is 4.74 Å². The van der Waals surface area contributed by atoms with Gasteiger partial charge in [0.05, 0.1) is 16.3 Å². The molecule has 0 heterocycles. The van der Waals surface area contributed by atoms with Crippen molar-refractivity contribution in [3.63, 3.8) is 0 Å². The van der Waals surface area contributed by atoms with Gasteiger partial charge in [0.25, 0.3) is 0 Å². The Bertz CT molecular complexity index is 687. The van der Waals surface area contributed by atoms with Crippen molar-refractivity contribution in [1.82, 2.24) is 4.90 Å². The molecule has 0 aliphatic rings. The van der Waals surface area contributed by atoms with Crippen LogP contribution in [-0.2, 0) is 0 Å². The molecule has 0 radical (unpaired) electrons. The third kappa shape index (κ3) is 6.15. The van der Waals surface area contributed by atoms with Crippen LogP contribution in [0.25, 0.3) is 0 Å². The van der Waals surface area contributed by atoms with Gasteiger partial charge in [-0.15, -0.1) is 0 Å². The molecule has 26 heavy (non-hydrogen) atoms. The molecule has 0 aliphatic carbocycles. The molecule has 0 aromatic heterocycles. The molecule has 2 aromatic carbocycles. The zero-order valence-electron chi connectivity index (χ0n) is 16.1. The molecule has 1 unspecified atom stereocenters. The van der Waals surface area contributed by atoms with Gasteiger partial charge in [0.2, 0.25) is 0 Å². The quantitative estimate of drug-likeness (QED) is 0.580. The van der Waals surface area contributed by atoms with E-state index in [1.807, 2.05) is 36.4 Å². The van der Waals surface area contributed by atoms with Crippen molar-refractivity contribution in [2.45, 2.75) is 49.5 Å². The van der Waals surface area contributed by atoms with Crippen molar-refractivity contribution >= 4 is 23.1 Å². The summed E-state index contributed by atoms with van der Waals surface area (Å²) in [5.74, 6) is 0.911. The maximum absolute atomic E-state index is 6.28. The minimum Gasteiger partial charge on any atom is -0.488 e. The normalized spacial score (nSPS) is 12.3. The summed E-state index contributed by atoms with van der Waals surface area (Å²) in [6.45, 7) is 9.75. The van der Waals surface area contributed by atoms with E-state index >= 15 is 0 Å². The smallest absolute Gasteiger partial charge is 0.133 e. The maximum atomic E-state index is 6.28. The highest BCUT2D eigenvalue weighted by atomic mass is 32.2. The molecule has 2 aromatic rings. The van der Waals surface area contributed by atoms with Gasteiger partial charge >= 0.3 is 0 Å². The van der Waals surface area contributed by atoms with Crippen LogP contribution in [0.15, 0.2) is 52.3 Å². The minimum absolute atomic E-state index is 0.131. The molecule has 1 atom stereocenters. The molecule has 5 heteroatoms. The standard InChI is InChI=1S/C21H31N3OS/c1-4-12-24(13-5-2)15-16(3)25-20-8-6-7-9-21(20)26-17-10-11-18(22)19(23)14-17/h6-11,14,16H,4-5,12-13,15,22-23H2,1-3H3. The number of hydrogen-bond acceptors (Lipinski definition) is 5. The zero-order valence-corrected chi connectivity index (χ0v) is 16.9. The van der Waals surface area contributed by atoms with E-state index in [2.05, 4.69) is 31.7 Å². The topological polar surface area (TPSA) is 64.5 Å². The second-order valence-corrected chi connectivity index (χ2v) is 7.68. The summed E-state index contributed by atoms with van der Waals surface area (Å²) in [5.41, 5.74) is 13.0. The summed E-state index contributed by atoms with van der Waals surface area (Å²) in [7, 11) is 0. The Kier molecular flexibility index (Phi) is 8.13. The monoisotopic (exact) mass is 373 g/mol. The molecule has 4 N–H and O–H groups in total. The van der Waals surface area contributed by atoms with E-state index in [-0.39, 0.29) is 6.10 Å². The molecular formula is C21H31N3OS. The highest BCUT2D eigenvalue weighted by Gasteiger charge is 2.13. The molecule has 0 amide bonds. The van der Waals surface area contributed by atoms with E-state index in [1.54, 1.807) is 11.8 Å². The number of benzene rings is 2. The second-order valence-electron chi connectivity index (χ2n) is 6.57. The predicted molar refractivity (Wildman–Crippen MR) is 113 cm³/mol. The average molecular weight is 374 g/mol. The van der Waals surface area contributed by atoms with E-state index in [4.69, 9.17) is 16.2 Å². The van der Waals surface area contributed by atoms with E-state index in [0.29, 0.717) is 11.4 Å². The van der Waals surface area contributed by atoms with Gasteiger partial charge in [-0.1, -0.05) is 37.7 Å². The predicted octanol–water partition coefficient (Wildman–Crippen LogP) is 4.89. The lowest BCUT2D eigenvalue weighted by molar-refractivity contribution is 0.142. The fourth-order valence-electron chi connectivity index (χ4n) is 2.92. The van der Waals surface area contributed by atoms with E-state index < -0.39 is 0 Å². The highest BCUT2D eigenvalue weighted by Crippen LogP contribution is 2.36. The summed E-state index contributed by atoms with van der Waals surface area (Å²) in [4.78, 5) is 4.61. The van der Waals surface area contributed by atoms with Crippen molar-refractivity contribution in [3.8, 4) is 5.75 Å².